The standard InChI is InChI=1S/C21H26N4O2S/c1-21(2,3)17-14-28-20(22-17)16-12-25(9-10-26-16)13-19-24-23-18(27-19)11-15-7-5-4-6-8-15/h4-8,14,16H,9-13H2,1-3H3. The van der Waals surface area contributed by atoms with Gasteiger partial charge in [-0.1, -0.05) is 51.1 Å². The van der Waals surface area contributed by atoms with Crippen LogP contribution >= 0.6 is 11.3 Å². The third kappa shape index (κ3) is 4.66. The van der Waals surface area contributed by atoms with Crippen LogP contribution in [-0.4, -0.2) is 39.8 Å². The summed E-state index contributed by atoms with van der Waals surface area (Å²) >= 11 is 1.68. The molecular weight excluding hydrogens is 372 g/mol. The second-order valence-corrected chi connectivity index (χ2v) is 9.06. The van der Waals surface area contributed by atoms with Crippen LogP contribution in [-0.2, 0) is 23.1 Å². The molecule has 3 aromatic rings. The van der Waals surface area contributed by atoms with Gasteiger partial charge in [0, 0.05) is 23.9 Å². The minimum Gasteiger partial charge on any atom is -0.424 e. The molecule has 7 heteroatoms. The van der Waals surface area contributed by atoms with Gasteiger partial charge in [0.15, 0.2) is 0 Å². The van der Waals surface area contributed by atoms with Crippen LogP contribution in [0.2, 0.25) is 0 Å². The average molecular weight is 399 g/mol. The lowest BCUT2D eigenvalue weighted by Gasteiger charge is -2.30. The van der Waals surface area contributed by atoms with Crippen LogP contribution in [0.4, 0.5) is 0 Å². The highest BCUT2D eigenvalue weighted by atomic mass is 32.1. The number of ether oxygens (including phenoxy) is 1. The summed E-state index contributed by atoms with van der Waals surface area (Å²) in [6.45, 7) is 9.50. The lowest BCUT2D eigenvalue weighted by molar-refractivity contribution is -0.0354. The summed E-state index contributed by atoms with van der Waals surface area (Å²) in [4.78, 5) is 7.11. The van der Waals surface area contributed by atoms with Gasteiger partial charge in [-0.15, -0.1) is 21.5 Å². The van der Waals surface area contributed by atoms with E-state index in [2.05, 4.69) is 53.4 Å². The monoisotopic (exact) mass is 398 g/mol. The summed E-state index contributed by atoms with van der Waals surface area (Å²) in [5.41, 5.74) is 2.35. The first-order valence-electron chi connectivity index (χ1n) is 9.62. The second-order valence-electron chi connectivity index (χ2n) is 8.17. The van der Waals surface area contributed by atoms with Crippen molar-refractivity contribution in [1.82, 2.24) is 20.1 Å². The highest BCUT2D eigenvalue weighted by molar-refractivity contribution is 7.09. The van der Waals surface area contributed by atoms with Gasteiger partial charge in [0.25, 0.3) is 0 Å². The van der Waals surface area contributed by atoms with Gasteiger partial charge in [-0.2, -0.15) is 0 Å². The van der Waals surface area contributed by atoms with Gasteiger partial charge in [0.05, 0.1) is 25.3 Å². The molecular formula is C21H26N4O2S. The normalized spacial score (nSPS) is 18.5. The fourth-order valence-corrected chi connectivity index (χ4v) is 4.25. The predicted octanol–water partition coefficient (Wildman–Crippen LogP) is 3.99. The molecule has 4 rings (SSSR count). The van der Waals surface area contributed by atoms with E-state index in [1.807, 2.05) is 18.2 Å². The molecule has 1 unspecified atom stereocenters. The molecule has 1 fully saturated rings. The van der Waals surface area contributed by atoms with Gasteiger partial charge in [0.1, 0.15) is 11.1 Å². The van der Waals surface area contributed by atoms with E-state index in [1.165, 1.54) is 5.56 Å². The SMILES string of the molecule is CC(C)(C)c1csc(C2CN(Cc3nnc(Cc4ccccc4)o3)CCO2)n1. The molecule has 1 aliphatic rings. The van der Waals surface area contributed by atoms with Crippen LogP contribution < -0.4 is 0 Å². The summed E-state index contributed by atoms with van der Waals surface area (Å²) in [5, 5.41) is 11.6. The lowest BCUT2D eigenvalue weighted by atomic mass is 9.93. The van der Waals surface area contributed by atoms with E-state index >= 15 is 0 Å². The molecule has 28 heavy (non-hydrogen) atoms. The smallest absolute Gasteiger partial charge is 0.230 e. The summed E-state index contributed by atoms with van der Waals surface area (Å²) in [7, 11) is 0. The minimum atomic E-state index is 0.00144. The molecule has 0 bridgehead atoms. The average Bonchev–Trinajstić information content (AvgIpc) is 3.32. The van der Waals surface area contributed by atoms with E-state index in [4.69, 9.17) is 14.1 Å². The van der Waals surface area contributed by atoms with Crippen LogP contribution in [0, 0.1) is 0 Å². The van der Waals surface area contributed by atoms with Gasteiger partial charge < -0.3 is 9.15 Å². The fourth-order valence-electron chi connectivity index (χ4n) is 3.16. The Bertz CT molecular complexity index is 901. The van der Waals surface area contributed by atoms with Crippen molar-refractivity contribution < 1.29 is 9.15 Å². The molecule has 0 radical (unpaired) electrons. The fraction of sp³-hybridized carbons (Fsp3) is 0.476. The molecule has 0 amide bonds. The molecule has 148 valence electrons. The Morgan fingerprint density at radius 2 is 1.93 bits per heavy atom. The zero-order valence-electron chi connectivity index (χ0n) is 16.6. The predicted molar refractivity (Wildman–Crippen MR) is 108 cm³/mol. The molecule has 0 spiro atoms. The number of benzene rings is 1. The van der Waals surface area contributed by atoms with Gasteiger partial charge in [-0.25, -0.2) is 4.98 Å². The number of nitrogens with zero attached hydrogens (tertiary/aromatic N) is 4. The molecule has 1 aliphatic heterocycles. The first-order chi connectivity index (χ1) is 13.5. The van der Waals surface area contributed by atoms with E-state index < -0.39 is 0 Å². The van der Waals surface area contributed by atoms with Crippen molar-refractivity contribution >= 4 is 11.3 Å². The van der Waals surface area contributed by atoms with Crippen molar-refractivity contribution in [3.8, 4) is 0 Å². The van der Waals surface area contributed by atoms with Crippen molar-refractivity contribution in [2.24, 2.45) is 0 Å². The maximum Gasteiger partial charge on any atom is 0.230 e. The minimum absolute atomic E-state index is 0.00144. The second kappa shape index (κ2) is 8.11. The summed E-state index contributed by atoms with van der Waals surface area (Å²) in [5.74, 6) is 1.31. The first-order valence-corrected chi connectivity index (χ1v) is 10.5. The zero-order valence-corrected chi connectivity index (χ0v) is 17.4. The Balaban J connectivity index is 1.37. The molecule has 6 nitrogen and oxygen atoms in total. The number of hydrogen-bond donors (Lipinski definition) is 0. The molecule has 1 aromatic carbocycles. The molecule has 1 atom stereocenters. The van der Waals surface area contributed by atoms with E-state index in [-0.39, 0.29) is 11.5 Å². The van der Waals surface area contributed by atoms with Crippen molar-refractivity contribution in [2.75, 3.05) is 19.7 Å². The molecule has 0 aliphatic carbocycles. The largest absolute Gasteiger partial charge is 0.424 e. The Morgan fingerprint density at radius 1 is 1.14 bits per heavy atom. The van der Waals surface area contributed by atoms with Crippen molar-refractivity contribution in [2.45, 2.75) is 45.3 Å². The topological polar surface area (TPSA) is 64.3 Å². The number of aromatic nitrogens is 3. The number of thiazole rings is 1. The number of morpholine rings is 1. The lowest BCUT2D eigenvalue weighted by Crippen LogP contribution is -2.37. The number of hydrogen-bond acceptors (Lipinski definition) is 7. The van der Waals surface area contributed by atoms with Crippen LogP contribution in [0.5, 0.6) is 0 Å². The van der Waals surface area contributed by atoms with E-state index in [0.717, 1.165) is 23.8 Å². The Labute approximate surface area is 169 Å². The maximum absolute atomic E-state index is 5.98. The highest BCUT2D eigenvalue weighted by Gasteiger charge is 2.27. The molecule has 0 N–H and O–H groups in total. The van der Waals surface area contributed by atoms with Crippen LogP contribution in [0.15, 0.2) is 40.1 Å². The van der Waals surface area contributed by atoms with Crippen LogP contribution in [0.25, 0.3) is 0 Å². The Morgan fingerprint density at radius 3 is 2.68 bits per heavy atom. The molecule has 0 saturated carbocycles. The van der Waals surface area contributed by atoms with Gasteiger partial charge in [-0.05, 0) is 5.56 Å². The van der Waals surface area contributed by atoms with Gasteiger partial charge >= 0.3 is 0 Å². The highest BCUT2D eigenvalue weighted by Crippen LogP contribution is 2.30. The molecule has 1 saturated heterocycles. The maximum atomic E-state index is 5.98. The van der Waals surface area contributed by atoms with E-state index in [9.17, 15) is 0 Å². The van der Waals surface area contributed by atoms with Crippen LogP contribution in [0.1, 0.15) is 54.9 Å². The Kier molecular flexibility index (Phi) is 5.57. The third-order valence-electron chi connectivity index (χ3n) is 4.78. The quantitative estimate of drug-likeness (QED) is 0.648. The summed E-state index contributed by atoms with van der Waals surface area (Å²) < 4.78 is 11.8. The van der Waals surface area contributed by atoms with Crippen molar-refractivity contribution in [3.63, 3.8) is 0 Å². The first kappa shape index (κ1) is 19.2. The van der Waals surface area contributed by atoms with Crippen molar-refractivity contribution in [3.05, 3.63) is 63.8 Å². The van der Waals surface area contributed by atoms with E-state index in [1.54, 1.807) is 11.3 Å². The third-order valence-corrected chi connectivity index (χ3v) is 5.72. The Hall–Kier alpha value is -2.09. The van der Waals surface area contributed by atoms with Crippen LogP contribution in [0.3, 0.4) is 0 Å². The van der Waals surface area contributed by atoms with Gasteiger partial charge in [-0.3, -0.25) is 4.90 Å². The summed E-state index contributed by atoms with van der Waals surface area (Å²) in [6.07, 6.45) is 0.662. The summed E-state index contributed by atoms with van der Waals surface area (Å²) in [6, 6.07) is 10.2. The molecule has 2 aromatic heterocycles. The van der Waals surface area contributed by atoms with Gasteiger partial charge in [0.2, 0.25) is 11.8 Å². The van der Waals surface area contributed by atoms with E-state index in [0.29, 0.717) is 31.4 Å². The molecule has 3 heterocycles. The number of rotatable bonds is 5. The van der Waals surface area contributed by atoms with Crippen molar-refractivity contribution in [1.29, 1.82) is 0 Å². The zero-order chi connectivity index (χ0) is 19.6.